The summed E-state index contributed by atoms with van der Waals surface area (Å²) in [7, 11) is 0. The van der Waals surface area contributed by atoms with Gasteiger partial charge in [0.25, 0.3) is 0 Å². The minimum Gasteiger partial charge on any atom is -0.481 e. The van der Waals surface area contributed by atoms with Crippen molar-refractivity contribution in [1.29, 1.82) is 0 Å². The van der Waals surface area contributed by atoms with Crippen molar-refractivity contribution in [2.75, 3.05) is 6.54 Å². The monoisotopic (exact) mass is 221 g/mol. The Bertz CT molecular complexity index is 395. The fraction of sp³-hybridized carbons (Fsp3) is 0.545. The molecule has 2 N–H and O–H groups in total. The van der Waals surface area contributed by atoms with E-state index in [1.165, 1.54) is 6.33 Å². The van der Waals surface area contributed by atoms with Gasteiger partial charge in [0.15, 0.2) is 0 Å². The Morgan fingerprint density at radius 1 is 1.56 bits per heavy atom. The van der Waals surface area contributed by atoms with Gasteiger partial charge in [-0.25, -0.2) is 9.97 Å². The number of aromatic nitrogens is 2. The van der Waals surface area contributed by atoms with Crippen LogP contribution in [0, 0.1) is 12.8 Å². The molecule has 0 amide bonds. The molecule has 0 saturated carbocycles. The van der Waals surface area contributed by atoms with Gasteiger partial charge in [0.05, 0.1) is 17.7 Å². The highest BCUT2D eigenvalue weighted by atomic mass is 16.4. The molecule has 1 saturated heterocycles. The van der Waals surface area contributed by atoms with Crippen molar-refractivity contribution in [2.45, 2.75) is 25.8 Å². The maximum atomic E-state index is 10.9. The molecule has 5 nitrogen and oxygen atoms in total. The number of aryl methyl sites for hydroxylation is 1. The van der Waals surface area contributed by atoms with Crippen LogP contribution in [0.3, 0.4) is 0 Å². The first-order valence-corrected chi connectivity index (χ1v) is 5.41. The van der Waals surface area contributed by atoms with Crippen molar-refractivity contribution in [2.24, 2.45) is 5.92 Å². The smallest absolute Gasteiger partial charge is 0.306 e. The zero-order chi connectivity index (χ0) is 11.5. The Balaban J connectivity index is 2.12. The lowest BCUT2D eigenvalue weighted by Crippen LogP contribution is -2.35. The number of piperidine rings is 1. The molecule has 1 fully saturated rings. The van der Waals surface area contributed by atoms with E-state index in [4.69, 9.17) is 5.11 Å². The maximum Gasteiger partial charge on any atom is 0.306 e. The molecule has 1 aliphatic rings. The summed E-state index contributed by atoms with van der Waals surface area (Å²) in [5.41, 5.74) is 1.79. The van der Waals surface area contributed by atoms with E-state index in [0.717, 1.165) is 17.9 Å². The topological polar surface area (TPSA) is 75.1 Å². The molecule has 2 unspecified atom stereocenters. The Kier molecular flexibility index (Phi) is 3.14. The van der Waals surface area contributed by atoms with Gasteiger partial charge in [0, 0.05) is 5.69 Å². The molecule has 1 aromatic heterocycles. The Morgan fingerprint density at radius 3 is 3.06 bits per heavy atom. The first-order valence-electron chi connectivity index (χ1n) is 5.41. The second-order valence-electron chi connectivity index (χ2n) is 4.15. The van der Waals surface area contributed by atoms with Crippen molar-refractivity contribution in [3.8, 4) is 0 Å². The van der Waals surface area contributed by atoms with Crippen LogP contribution in [0.25, 0.3) is 0 Å². The first-order chi connectivity index (χ1) is 7.66. The summed E-state index contributed by atoms with van der Waals surface area (Å²) in [5.74, 6) is -0.973. The average molecular weight is 221 g/mol. The first kappa shape index (κ1) is 11.0. The average Bonchev–Trinajstić information content (AvgIpc) is 2.29. The van der Waals surface area contributed by atoms with Crippen LogP contribution in [0.4, 0.5) is 0 Å². The van der Waals surface area contributed by atoms with Crippen LogP contribution in [0.2, 0.25) is 0 Å². The minimum atomic E-state index is -0.711. The van der Waals surface area contributed by atoms with Crippen molar-refractivity contribution < 1.29 is 9.90 Å². The fourth-order valence-corrected chi connectivity index (χ4v) is 2.03. The van der Waals surface area contributed by atoms with Gasteiger partial charge in [0.1, 0.15) is 6.33 Å². The Hall–Kier alpha value is -1.49. The summed E-state index contributed by atoms with van der Waals surface area (Å²) in [5, 5.41) is 12.3. The lowest BCUT2D eigenvalue weighted by Gasteiger charge is -2.27. The lowest BCUT2D eigenvalue weighted by atomic mass is 9.91. The molecule has 86 valence electrons. The summed E-state index contributed by atoms with van der Waals surface area (Å²) in [6.45, 7) is 2.63. The van der Waals surface area contributed by atoms with Crippen molar-refractivity contribution in [3.63, 3.8) is 0 Å². The van der Waals surface area contributed by atoms with Crippen molar-refractivity contribution in [3.05, 3.63) is 23.8 Å². The predicted molar refractivity (Wildman–Crippen MR) is 57.9 cm³/mol. The van der Waals surface area contributed by atoms with Crippen molar-refractivity contribution in [1.82, 2.24) is 15.3 Å². The van der Waals surface area contributed by atoms with Crippen LogP contribution in [0.5, 0.6) is 0 Å². The standard InChI is InChI=1S/C11H15N3O2/c1-7-4-9(14-6-13-7)10-5-8(11(15)16)2-3-12-10/h4,6,8,10,12H,2-3,5H2,1H3,(H,15,16). The SMILES string of the molecule is Cc1cc(C2CC(C(=O)O)CCN2)ncn1. The van der Waals surface area contributed by atoms with Crippen LogP contribution in [0.15, 0.2) is 12.4 Å². The van der Waals surface area contributed by atoms with Crippen molar-refractivity contribution >= 4 is 5.97 Å². The highest BCUT2D eigenvalue weighted by Gasteiger charge is 2.28. The zero-order valence-corrected chi connectivity index (χ0v) is 9.18. The van der Waals surface area contributed by atoms with Gasteiger partial charge >= 0.3 is 5.97 Å². The molecule has 0 spiro atoms. The normalized spacial score (nSPS) is 25.3. The molecule has 2 atom stereocenters. The molecule has 0 radical (unpaired) electrons. The van der Waals surface area contributed by atoms with Crippen LogP contribution in [0.1, 0.15) is 30.3 Å². The fourth-order valence-electron chi connectivity index (χ4n) is 2.03. The van der Waals surface area contributed by atoms with Crippen LogP contribution >= 0.6 is 0 Å². The lowest BCUT2D eigenvalue weighted by molar-refractivity contribution is -0.143. The molecular formula is C11H15N3O2. The molecule has 1 aliphatic heterocycles. The van der Waals surface area contributed by atoms with Crippen LogP contribution in [-0.4, -0.2) is 27.6 Å². The molecule has 0 bridgehead atoms. The third kappa shape index (κ3) is 2.36. The summed E-state index contributed by atoms with van der Waals surface area (Å²) in [6.07, 6.45) is 2.82. The van der Waals surface area contributed by atoms with E-state index in [1.54, 1.807) is 0 Å². The zero-order valence-electron chi connectivity index (χ0n) is 9.18. The van der Waals surface area contributed by atoms with Crippen LogP contribution < -0.4 is 5.32 Å². The molecule has 2 heterocycles. The third-order valence-corrected chi connectivity index (χ3v) is 2.93. The van der Waals surface area contributed by atoms with Gasteiger partial charge in [-0.3, -0.25) is 4.79 Å². The van der Waals surface area contributed by atoms with E-state index in [2.05, 4.69) is 15.3 Å². The minimum absolute atomic E-state index is 0.0385. The number of hydrogen-bond acceptors (Lipinski definition) is 4. The molecule has 0 aliphatic carbocycles. The second kappa shape index (κ2) is 4.57. The van der Waals surface area contributed by atoms with E-state index in [9.17, 15) is 4.79 Å². The van der Waals surface area contributed by atoms with E-state index in [0.29, 0.717) is 12.8 Å². The van der Waals surface area contributed by atoms with Gasteiger partial charge < -0.3 is 10.4 Å². The van der Waals surface area contributed by atoms with Gasteiger partial charge in [-0.1, -0.05) is 0 Å². The second-order valence-corrected chi connectivity index (χ2v) is 4.15. The number of rotatable bonds is 2. The highest BCUT2D eigenvalue weighted by Crippen LogP contribution is 2.26. The molecule has 5 heteroatoms. The van der Waals surface area contributed by atoms with E-state index in [1.807, 2.05) is 13.0 Å². The third-order valence-electron chi connectivity index (χ3n) is 2.93. The molecule has 1 aromatic rings. The Labute approximate surface area is 93.9 Å². The van der Waals surface area contributed by atoms with E-state index >= 15 is 0 Å². The number of carboxylic acid groups (broad SMARTS) is 1. The van der Waals surface area contributed by atoms with Gasteiger partial charge in [0.2, 0.25) is 0 Å². The maximum absolute atomic E-state index is 10.9. The van der Waals surface area contributed by atoms with E-state index < -0.39 is 5.97 Å². The number of nitrogens with zero attached hydrogens (tertiary/aromatic N) is 2. The molecular weight excluding hydrogens is 206 g/mol. The van der Waals surface area contributed by atoms with Crippen LogP contribution in [-0.2, 0) is 4.79 Å². The largest absolute Gasteiger partial charge is 0.481 e. The number of carboxylic acids is 1. The highest BCUT2D eigenvalue weighted by molar-refractivity contribution is 5.70. The Morgan fingerprint density at radius 2 is 2.38 bits per heavy atom. The predicted octanol–water partition coefficient (Wildman–Crippen LogP) is 0.910. The number of carbonyl (C=O) groups is 1. The quantitative estimate of drug-likeness (QED) is 0.776. The van der Waals surface area contributed by atoms with Gasteiger partial charge in [-0.05, 0) is 32.4 Å². The van der Waals surface area contributed by atoms with E-state index in [-0.39, 0.29) is 12.0 Å². The molecule has 16 heavy (non-hydrogen) atoms. The molecule has 2 rings (SSSR count). The summed E-state index contributed by atoms with van der Waals surface area (Å²) in [4.78, 5) is 19.2. The summed E-state index contributed by atoms with van der Waals surface area (Å²) >= 11 is 0. The molecule has 0 aromatic carbocycles. The van der Waals surface area contributed by atoms with Gasteiger partial charge in [-0.2, -0.15) is 0 Å². The summed E-state index contributed by atoms with van der Waals surface area (Å²) in [6, 6.07) is 1.94. The van der Waals surface area contributed by atoms with Gasteiger partial charge in [-0.15, -0.1) is 0 Å². The number of hydrogen-bond donors (Lipinski definition) is 2. The number of nitrogens with one attached hydrogen (secondary N) is 1. The summed E-state index contributed by atoms with van der Waals surface area (Å²) < 4.78 is 0. The number of aliphatic carboxylic acids is 1.